The molecule has 2 aliphatic heterocycles. The van der Waals surface area contributed by atoms with E-state index in [1.807, 2.05) is 18.5 Å². The third-order valence-electron chi connectivity index (χ3n) is 6.31. The highest BCUT2D eigenvalue weighted by atomic mass is 15.7. The Bertz CT molecular complexity index is 1150. The first-order valence-electron chi connectivity index (χ1n) is 10.5. The van der Waals surface area contributed by atoms with Crippen LogP contribution in [0.5, 0.6) is 0 Å². The number of nitrogens with one attached hydrogen (secondary N) is 1. The Labute approximate surface area is 174 Å². The van der Waals surface area contributed by atoms with E-state index >= 15 is 0 Å². The molecule has 3 aromatic rings. The van der Waals surface area contributed by atoms with Crippen LogP contribution in [0, 0.1) is 19.8 Å². The van der Waals surface area contributed by atoms with Crippen molar-refractivity contribution >= 4 is 22.9 Å². The van der Waals surface area contributed by atoms with Gasteiger partial charge in [-0.25, -0.2) is 14.7 Å². The molecule has 9 heteroatoms. The SMILES string of the molecule is Cc1nnc(C)n1N1CN=C2NC(C3CC=CCC3)n3c(nc4ccccc43)N2C1. The lowest BCUT2D eigenvalue weighted by molar-refractivity contribution is 0.282. The number of fused-ring (bicyclic) bond motifs is 5. The maximum Gasteiger partial charge on any atom is 0.216 e. The number of anilines is 1. The van der Waals surface area contributed by atoms with Gasteiger partial charge in [-0.1, -0.05) is 24.3 Å². The molecule has 154 valence electrons. The van der Waals surface area contributed by atoms with Gasteiger partial charge in [0.2, 0.25) is 11.9 Å². The molecular weight excluding hydrogens is 378 g/mol. The van der Waals surface area contributed by atoms with Gasteiger partial charge in [0.05, 0.1) is 11.0 Å². The van der Waals surface area contributed by atoms with Crippen molar-refractivity contribution in [3.8, 4) is 0 Å². The summed E-state index contributed by atoms with van der Waals surface area (Å²) in [6.07, 6.45) is 8.11. The van der Waals surface area contributed by atoms with E-state index in [1.54, 1.807) is 0 Å². The first kappa shape index (κ1) is 17.5. The van der Waals surface area contributed by atoms with E-state index in [9.17, 15) is 0 Å². The van der Waals surface area contributed by atoms with Gasteiger partial charge in [0.25, 0.3) is 0 Å². The molecule has 1 aromatic carbocycles. The number of aryl methyl sites for hydroxylation is 2. The Morgan fingerprint density at radius 3 is 2.70 bits per heavy atom. The van der Waals surface area contributed by atoms with E-state index in [0.29, 0.717) is 19.3 Å². The van der Waals surface area contributed by atoms with Gasteiger partial charge in [-0.2, -0.15) is 0 Å². The standard InChI is InChI=1S/C21H25N9/c1-14-25-26-15(2)30(14)27-12-22-20-24-19(16-8-4-3-5-9-16)29-18-11-7-6-10-17(18)23-21(29)28(20)13-27/h3-4,6-7,10-11,16,19H,5,8-9,12-13H2,1-2H3,(H,22,24). The van der Waals surface area contributed by atoms with Gasteiger partial charge in [0, 0.05) is 5.92 Å². The monoisotopic (exact) mass is 403 g/mol. The summed E-state index contributed by atoms with van der Waals surface area (Å²) >= 11 is 0. The van der Waals surface area contributed by atoms with Crippen LogP contribution in [0.2, 0.25) is 0 Å². The molecule has 1 aliphatic carbocycles. The first-order valence-corrected chi connectivity index (χ1v) is 10.5. The maximum atomic E-state index is 5.03. The van der Waals surface area contributed by atoms with Crippen molar-refractivity contribution in [1.29, 1.82) is 0 Å². The molecule has 0 saturated carbocycles. The molecule has 0 saturated heterocycles. The van der Waals surface area contributed by atoms with E-state index in [-0.39, 0.29) is 6.17 Å². The molecule has 4 heterocycles. The number of imidazole rings is 1. The summed E-state index contributed by atoms with van der Waals surface area (Å²) < 4.78 is 4.40. The third kappa shape index (κ3) is 2.54. The van der Waals surface area contributed by atoms with Crippen LogP contribution in [0.25, 0.3) is 11.0 Å². The lowest BCUT2D eigenvalue weighted by Gasteiger charge is -2.44. The number of guanidine groups is 1. The van der Waals surface area contributed by atoms with Gasteiger partial charge in [0.1, 0.15) is 31.2 Å². The van der Waals surface area contributed by atoms with Crippen molar-refractivity contribution in [2.24, 2.45) is 10.9 Å². The Morgan fingerprint density at radius 2 is 1.90 bits per heavy atom. The van der Waals surface area contributed by atoms with Gasteiger partial charge >= 0.3 is 0 Å². The smallest absolute Gasteiger partial charge is 0.216 e. The Hall–Kier alpha value is -3.36. The third-order valence-corrected chi connectivity index (χ3v) is 6.31. The Kier molecular flexibility index (Phi) is 3.84. The minimum absolute atomic E-state index is 0.150. The quantitative estimate of drug-likeness (QED) is 0.662. The number of hydrogen-bond donors (Lipinski definition) is 1. The topological polar surface area (TPSA) is 79.4 Å². The lowest BCUT2D eigenvalue weighted by Crippen LogP contribution is -2.60. The fourth-order valence-corrected chi connectivity index (χ4v) is 4.92. The van der Waals surface area contributed by atoms with Crippen LogP contribution < -0.4 is 15.2 Å². The van der Waals surface area contributed by atoms with E-state index in [1.165, 1.54) is 6.42 Å². The molecule has 0 amide bonds. The fraction of sp³-hybridized carbons (Fsp3) is 0.429. The number of aromatic nitrogens is 5. The van der Waals surface area contributed by atoms with Crippen LogP contribution in [0.4, 0.5) is 5.95 Å². The van der Waals surface area contributed by atoms with E-state index in [4.69, 9.17) is 9.98 Å². The Balaban J connectivity index is 1.46. The van der Waals surface area contributed by atoms with Crippen molar-refractivity contribution in [3.63, 3.8) is 0 Å². The van der Waals surface area contributed by atoms with Crippen molar-refractivity contribution in [2.75, 3.05) is 23.2 Å². The predicted octanol–water partition coefficient (Wildman–Crippen LogP) is 2.43. The second-order valence-electron chi connectivity index (χ2n) is 8.21. The normalized spacial score (nSPS) is 23.2. The van der Waals surface area contributed by atoms with Crippen LogP contribution in [0.15, 0.2) is 41.4 Å². The average Bonchev–Trinajstić information content (AvgIpc) is 3.33. The predicted molar refractivity (Wildman–Crippen MR) is 116 cm³/mol. The van der Waals surface area contributed by atoms with Crippen molar-refractivity contribution in [1.82, 2.24) is 29.7 Å². The van der Waals surface area contributed by atoms with E-state index in [2.05, 4.69) is 66.4 Å². The molecule has 6 rings (SSSR count). The summed E-state index contributed by atoms with van der Waals surface area (Å²) in [6, 6.07) is 8.39. The highest BCUT2D eigenvalue weighted by Crippen LogP contribution is 2.37. The van der Waals surface area contributed by atoms with Crippen LogP contribution in [-0.2, 0) is 0 Å². The average molecular weight is 403 g/mol. The van der Waals surface area contributed by atoms with Gasteiger partial charge in [-0.15, -0.1) is 10.2 Å². The molecule has 0 spiro atoms. The number of para-hydroxylation sites is 2. The number of aliphatic imine (C=N–C) groups is 1. The maximum absolute atomic E-state index is 5.03. The highest BCUT2D eigenvalue weighted by molar-refractivity contribution is 5.99. The molecule has 2 unspecified atom stereocenters. The molecule has 0 bridgehead atoms. The molecule has 1 N–H and O–H groups in total. The molecule has 9 nitrogen and oxygen atoms in total. The summed E-state index contributed by atoms with van der Waals surface area (Å²) in [6.45, 7) is 5.12. The lowest BCUT2D eigenvalue weighted by atomic mass is 9.91. The van der Waals surface area contributed by atoms with Gasteiger partial charge in [-0.3, -0.25) is 14.5 Å². The number of allylic oxidation sites excluding steroid dienone is 2. The van der Waals surface area contributed by atoms with Crippen LogP contribution in [0.3, 0.4) is 0 Å². The fourth-order valence-electron chi connectivity index (χ4n) is 4.92. The van der Waals surface area contributed by atoms with Crippen LogP contribution >= 0.6 is 0 Å². The zero-order chi connectivity index (χ0) is 20.2. The summed E-state index contributed by atoms with van der Waals surface area (Å²) in [7, 11) is 0. The summed E-state index contributed by atoms with van der Waals surface area (Å²) in [4.78, 5) is 12.1. The summed E-state index contributed by atoms with van der Waals surface area (Å²) in [5, 5.41) is 14.3. The molecule has 2 aromatic heterocycles. The first-order chi connectivity index (χ1) is 14.7. The minimum Gasteiger partial charge on any atom is -0.335 e. The second-order valence-corrected chi connectivity index (χ2v) is 8.21. The molecule has 0 radical (unpaired) electrons. The zero-order valence-corrected chi connectivity index (χ0v) is 17.2. The summed E-state index contributed by atoms with van der Waals surface area (Å²) in [5.41, 5.74) is 2.17. The summed E-state index contributed by atoms with van der Waals surface area (Å²) in [5.74, 6) is 4.07. The number of nitrogens with zero attached hydrogens (tertiary/aromatic N) is 8. The number of rotatable bonds is 2. The minimum atomic E-state index is 0.150. The molecule has 3 aliphatic rings. The van der Waals surface area contributed by atoms with Gasteiger partial charge in [-0.05, 0) is 45.2 Å². The molecule has 0 fully saturated rings. The van der Waals surface area contributed by atoms with Crippen LogP contribution in [-0.4, -0.2) is 43.7 Å². The van der Waals surface area contributed by atoms with Crippen LogP contribution in [0.1, 0.15) is 37.1 Å². The van der Waals surface area contributed by atoms with E-state index in [0.717, 1.165) is 47.4 Å². The van der Waals surface area contributed by atoms with Crippen molar-refractivity contribution in [3.05, 3.63) is 48.1 Å². The second kappa shape index (κ2) is 6.58. The highest BCUT2D eigenvalue weighted by Gasteiger charge is 2.38. The Morgan fingerprint density at radius 1 is 1.07 bits per heavy atom. The largest absolute Gasteiger partial charge is 0.335 e. The van der Waals surface area contributed by atoms with E-state index < -0.39 is 0 Å². The van der Waals surface area contributed by atoms with Gasteiger partial charge < -0.3 is 5.32 Å². The zero-order valence-electron chi connectivity index (χ0n) is 17.2. The number of benzene rings is 1. The number of hydrogen-bond acceptors (Lipinski definition) is 7. The molecular formula is C21H25N9. The molecule has 2 atom stereocenters. The van der Waals surface area contributed by atoms with Gasteiger partial charge in [0.15, 0.2) is 0 Å². The van der Waals surface area contributed by atoms with Crippen molar-refractivity contribution < 1.29 is 0 Å². The molecule has 30 heavy (non-hydrogen) atoms. The van der Waals surface area contributed by atoms with Crippen molar-refractivity contribution in [2.45, 2.75) is 39.3 Å².